The first-order chi connectivity index (χ1) is 6.93. The molecule has 0 rings (SSSR count). The predicted octanol–water partition coefficient (Wildman–Crippen LogP) is -1.08. The van der Waals surface area contributed by atoms with Crippen LogP contribution in [0, 0.1) is 0 Å². The second kappa shape index (κ2) is 6.72. The normalized spacial score (nSPS) is 13.7. The topological polar surface area (TPSA) is 105 Å². The van der Waals surface area contributed by atoms with E-state index in [1.807, 2.05) is 4.72 Å². The summed E-state index contributed by atoms with van der Waals surface area (Å²) >= 11 is 0. The highest BCUT2D eigenvalue weighted by molar-refractivity contribution is 7.87. The number of hydrogen-bond donors (Lipinski definition) is 3. The monoisotopic (exact) mass is 240 g/mol. The number of carboxylic acids is 1. The molecule has 0 saturated heterocycles. The van der Waals surface area contributed by atoms with Crippen molar-refractivity contribution in [1.29, 1.82) is 0 Å². The molecule has 15 heavy (non-hydrogen) atoms. The summed E-state index contributed by atoms with van der Waals surface area (Å²) in [4.78, 5) is 10.6. The average Bonchev–Trinajstić information content (AvgIpc) is 2.14. The van der Waals surface area contributed by atoms with E-state index in [1.54, 1.807) is 6.92 Å². The Balaban J connectivity index is 4.17. The minimum atomic E-state index is -3.77. The number of ether oxygens (including phenoxy) is 1. The molecule has 0 fully saturated rings. The molecule has 7 nitrogen and oxygen atoms in total. The van der Waals surface area contributed by atoms with E-state index < -0.39 is 22.2 Å². The molecule has 0 aromatic rings. The second-order valence-electron chi connectivity index (χ2n) is 2.81. The fourth-order valence-electron chi connectivity index (χ4n) is 0.815. The van der Waals surface area contributed by atoms with Crippen molar-refractivity contribution in [3.8, 4) is 0 Å². The number of hydrogen-bond acceptors (Lipinski definition) is 4. The first kappa shape index (κ1) is 14.3. The molecule has 1 unspecified atom stereocenters. The highest BCUT2D eigenvalue weighted by atomic mass is 32.2. The van der Waals surface area contributed by atoms with Crippen molar-refractivity contribution >= 4 is 16.2 Å². The van der Waals surface area contributed by atoms with Gasteiger partial charge in [-0.05, 0) is 6.42 Å². The van der Waals surface area contributed by atoms with E-state index in [0.29, 0.717) is 0 Å². The maximum Gasteiger partial charge on any atom is 0.321 e. The van der Waals surface area contributed by atoms with Gasteiger partial charge in [0.15, 0.2) is 0 Å². The van der Waals surface area contributed by atoms with Crippen molar-refractivity contribution in [1.82, 2.24) is 9.44 Å². The van der Waals surface area contributed by atoms with Gasteiger partial charge < -0.3 is 9.84 Å². The van der Waals surface area contributed by atoms with E-state index in [-0.39, 0.29) is 19.6 Å². The van der Waals surface area contributed by atoms with Gasteiger partial charge in [-0.1, -0.05) is 6.92 Å². The SMILES string of the molecule is CCC(NS(=O)(=O)NCCOC)C(=O)O. The van der Waals surface area contributed by atoms with Crippen LogP contribution in [-0.2, 0) is 19.7 Å². The summed E-state index contributed by atoms with van der Waals surface area (Å²) in [6, 6.07) is -1.11. The van der Waals surface area contributed by atoms with E-state index in [2.05, 4.69) is 9.46 Å². The molecule has 0 amide bonds. The first-order valence-electron chi connectivity index (χ1n) is 4.41. The van der Waals surface area contributed by atoms with Crippen LogP contribution >= 0.6 is 0 Å². The van der Waals surface area contributed by atoms with E-state index in [1.165, 1.54) is 7.11 Å². The van der Waals surface area contributed by atoms with Crippen LogP contribution < -0.4 is 9.44 Å². The van der Waals surface area contributed by atoms with Crippen LogP contribution in [0.5, 0.6) is 0 Å². The van der Waals surface area contributed by atoms with Gasteiger partial charge in [-0.2, -0.15) is 17.9 Å². The molecule has 90 valence electrons. The van der Waals surface area contributed by atoms with Gasteiger partial charge in [0.1, 0.15) is 6.04 Å². The number of carbonyl (C=O) groups is 1. The van der Waals surface area contributed by atoms with E-state index >= 15 is 0 Å². The van der Waals surface area contributed by atoms with Crippen LogP contribution in [0.4, 0.5) is 0 Å². The largest absolute Gasteiger partial charge is 0.480 e. The number of nitrogens with one attached hydrogen (secondary N) is 2. The molecule has 0 saturated carbocycles. The molecule has 3 N–H and O–H groups in total. The quantitative estimate of drug-likeness (QED) is 0.468. The van der Waals surface area contributed by atoms with Crippen molar-refractivity contribution in [2.75, 3.05) is 20.3 Å². The van der Waals surface area contributed by atoms with Crippen molar-refractivity contribution in [3.63, 3.8) is 0 Å². The molecule has 0 radical (unpaired) electrons. The van der Waals surface area contributed by atoms with Crippen molar-refractivity contribution < 1.29 is 23.1 Å². The Kier molecular flexibility index (Phi) is 6.41. The Morgan fingerprint density at radius 3 is 2.53 bits per heavy atom. The fraction of sp³-hybridized carbons (Fsp3) is 0.857. The van der Waals surface area contributed by atoms with Crippen LogP contribution in [0.15, 0.2) is 0 Å². The molecule has 0 aliphatic rings. The number of methoxy groups -OCH3 is 1. The molecule has 8 heteroatoms. The highest BCUT2D eigenvalue weighted by Crippen LogP contribution is 1.93. The van der Waals surface area contributed by atoms with E-state index in [9.17, 15) is 13.2 Å². The standard InChI is InChI=1S/C7H16N2O5S/c1-3-6(7(10)11)9-15(12,13)8-4-5-14-2/h6,8-9H,3-5H2,1-2H3,(H,10,11). The van der Waals surface area contributed by atoms with Gasteiger partial charge in [-0.25, -0.2) is 0 Å². The van der Waals surface area contributed by atoms with Crippen molar-refractivity contribution in [3.05, 3.63) is 0 Å². The fourth-order valence-corrected chi connectivity index (χ4v) is 1.89. The lowest BCUT2D eigenvalue weighted by atomic mass is 10.2. The summed E-state index contributed by atoms with van der Waals surface area (Å²) in [7, 11) is -2.33. The predicted molar refractivity (Wildman–Crippen MR) is 53.6 cm³/mol. The molecule has 0 heterocycles. The van der Waals surface area contributed by atoms with E-state index in [4.69, 9.17) is 5.11 Å². The molecule has 0 aromatic heterocycles. The maximum absolute atomic E-state index is 11.2. The summed E-state index contributed by atoms with van der Waals surface area (Å²) in [6.07, 6.45) is 0.181. The molecule has 0 aromatic carbocycles. The Hall–Kier alpha value is -0.700. The zero-order chi connectivity index (χ0) is 11.9. The average molecular weight is 240 g/mol. The summed E-state index contributed by atoms with van der Waals surface area (Å²) in [6.45, 7) is 1.91. The lowest BCUT2D eigenvalue weighted by Crippen LogP contribution is -2.46. The van der Waals surface area contributed by atoms with Gasteiger partial charge in [0.25, 0.3) is 10.2 Å². The van der Waals surface area contributed by atoms with Crippen LogP contribution in [0.2, 0.25) is 0 Å². The number of aliphatic carboxylic acids is 1. The smallest absolute Gasteiger partial charge is 0.321 e. The molecular formula is C7H16N2O5S. The molecule has 0 bridgehead atoms. The Morgan fingerprint density at radius 2 is 2.13 bits per heavy atom. The number of carboxylic acid groups (broad SMARTS) is 1. The minimum absolute atomic E-state index is 0.0991. The van der Waals surface area contributed by atoms with Crippen LogP contribution in [-0.4, -0.2) is 45.8 Å². The Morgan fingerprint density at radius 1 is 1.53 bits per heavy atom. The third kappa shape index (κ3) is 6.39. The van der Waals surface area contributed by atoms with Crippen LogP contribution in [0.1, 0.15) is 13.3 Å². The van der Waals surface area contributed by atoms with E-state index in [0.717, 1.165) is 0 Å². The molecule has 1 atom stereocenters. The van der Waals surface area contributed by atoms with Gasteiger partial charge in [0.2, 0.25) is 0 Å². The van der Waals surface area contributed by atoms with Crippen molar-refractivity contribution in [2.24, 2.45) is 0 Å². The van der Waals surface area contributed by atoms with Gasteiger partial charge in [-0.3, -0.25) is 4.79 Å². The lowest BCUT2D eigenvalue weighted by molar-refractivity contribution is -0.139. The lowest BCUT2D eigenvalue weighted by Gasteiger charge is -2.12. The number of rotatable bonds is 8. The summed E-state index contributed by atoms with van der Waals surface area (Å²) < 4.78 is 31.3. The zero-order valence-electron chi connectivity index (χ0n) is 8.69. The molecule has 0 aliphatic carbocycles. The molecule has 0 aliphatic heterocycles. The van der Waals surface area contributed by atoms with Gasteiger partial charge in [-0.15, -0.1) is 0 Å². The highest BCUT2D eigenvalue weighted by Gasteiger charge is 2.21. The van der Waals surface area contributed by atoms with Crippen molar-refractivity contribution in [2.45, 2.75) is 19.4 Å². The Bertz CT molecular complexity index is 290. The summed E-state index contributed by atoms with van der Waals surface area (Å²) in [5.41, 5.74) is 0. The second-order valence-corrected chi connectivity index (χ2v) is 4.34. The van der Waals surface area contributed by atoms with Crippen LogP contribution in [0.3, 0.4) is 0 Å². The maximum atomic E-state index is 11.2. The van der Waals surface area contributed by atoms with Gasteiger partial charge in [0.05, 0.1) is 6.61 Å². The summed E-state index contributed by atoms with van der Waals surface area (Å²) in [5.74, 6) is -1.20. The van der Waals surface area contributed by atoms with Crippen LogP contribution in [0.25, 0.3) is 0 Å². The van der Waals surface area contributed by atoms with Gasteiger partial charge >= 0.3 is 5.97 Å². The molecule has 0 spiro atoms. The minimum Gasteiger partial charge on any atom is -0.480 e. The summed E-state index contributed by atoms with van der Waals surface area (Å²) in [5, 5.41) is 8.63. The Labute approximate surface area is 89.0 Å². The first-order valence-corrected chi connectivity index (χ1v) is 5.90. The third-order valence-corrected chi connectivity index (χ3v) is 2.78. The zero-order valence-corrected chi connectivity index (χ0v) is 9.50. The van der Waals surface area contributed by atoms with Gasteiger partial charge in [0, 0.05) is 13.7 Å². The molecular weight excluding hydrogens is 224 g/mol. The third-order valence-electron chi connectivity index (χ3n) is 1.60.